The fraction of sp³-hybridized carbons (Fsp3) is 0.478. The quantitative estimate of drug-likeness (QED) is 0.319. The lowest BCUT2D eigenvalue weighted by molar-refractivity contribution is -0.191. The third-order valence-corrected chi connectivity index (χ3v) is 5.18. The van der Waals surface area contributed by atoms with E-state index in [1.165, 1.54) is 24.3 Å². The van der Waals surface area contributed by atoms with E-state index in [1.54, 1.807) is 12.1 Å². The standard InChI is InChI=1S/C23H27F6NO/c1-17-5-7-18(8-6-17)13-15-21(30,23(27,28)29)19-9-11-20(12-10-19)31-16-4-2-3-14-22(24,25)26/h5-12H,2-4,13-16,30H2,1H3/t21-/m0/s1. The molecular weight excluding hydrogens is 420 g/mol. The van der Waals surface area contributed by atoms with Crippen molar-refractivity contribution in [2.45, 2.75) is 63.3 Å². The molecule has 0 unspecified atom stereocenters. The average molecular weight is 447 g/mol. The van der Waals surface area contributed by atoms with Gasteiger partial charge in [-0.1, -0.05) is 42.0 Å². The van der Waals surface area contributed by atoms with Crippen molar-refractivity contribution in [2.75, 3.05) is 6.61 Å². The van der Waals surface area contributed by atoms with Crippen LogP contribution < -0.4 is 10.5 Å². The molecule has 0 radical (unpaired) electrons. The Balaban J connectivity index is 1.95. The first-order valence-electron chi connectivity index (χ1n) is 10.1. The number of aryl methyl sites for hydroxylation is 2. The number of nitrogens with two attached hydrogens (primary N) is 1. The molecule has 0 aromatic heterocycles. The number of benzene rings is 2. The molecule has 2 aromatic rings. The van der Waals surface area contributed by atoms with Crippen LogP contribution in [0.15, 0.2) is 48.5 Å². The van der Waals surface area contributed by atoms with Crippen molar-refractivity contribution in [3.8, 4) is 5.75 Å². The predicted octanol–water partition coefficient (Wildman–Crippen LogP) is 6.85. The van der Waals surface area contributed by atoms with Gasteiger partial charge in [-0.15, -0.1) is 0 Å². The van der Waals surface area contributed by atoms with Gasteiger partial charge in [-0.05, 0) is 62.3 Å². The normalized spacial score (nSPS) is 14.3. The van der Waals surface area contributed by atoms with Gasteiger partial charge in [-0.25, -0.2) is 0 Å². The maximum atomic E-state index is 13.8. The zero-order chi connectivity index (χ0) is 23.1. The molecule has 0 aliphatic carbocycles. The largest absolute Gasteiger partial charge is 0.494 e. The Bertz CT molecular complexity index is 799. The monoisotopic (exact) mass is 447 g/mol. The summed E-state index contributed by atoms with van der Waals surface area (Å²) in [4.78, 5) is 0. The van der Waals surface area contributed by atoms with Crippen LogP contribution in [0.25, 0.3) is 0 Å². The second-order valence-electron chi connectivity index (χ2n) is 7.75. The zero-order valence-electron chi connectivity index (χ0n) is 17.3. The fourth-order valence-corrected chi connectivity index (χ4v) is 3.19. The van der Waals surface area contributed by atoms with Crippen LogP contribution in [0, 0.1) is 6.92 Å². The van der Waals surface area contributed by atoms with Crippen LogP contribution in [0.3, 0.4) is 0 Å². The van der Waals surface area contributed by atoms with Gasteiger partial charge >= 0.3 is 12.4 Å². The molecule has 0 amide bonds. The first-order chi connectivity index (χ1) is 14.4. The van der Waals surface area contributed by atoms with E-state index in [4.69, 9.17) is 10.5 Å². The second kappa shape index (κ2) is 10.4. The van der Waals surface area contributed by atoms with E-state index in [9.17, 15) is 26.3 Å². The third kappa shape index (κ3) is 7.76. The molecule has 0 bridgehead atoms. The highest BCUT2D eigenvalue weighted by molar-refractivity contribution is 5.33. The lowest BCUT2D eigenvalue weighted by Gasteiger charge is -2.32. The number of hydrogen-bond acceptors (Lipinski definition) is 2. The molecule has 2 nitrogen and oxygen atoms in total. The minimum Gasteiger partial charge on any atom is -0.494 e. The number of alkyl halides is 6. The lowest BCUT2D eigenvalue weighted by atomic mass is 9.84. The van der Waals surface area contributed by atoms with Crippen LogP contribution in [-0.2, 0) is 12.0 Å². The van der Waals surface area contributed by atoms with E-state index < -0.39 is 24.3 Å². The highest BCUT2D eigenvalue weighted by Gasteiger charge is 2.52. The lowest BCUT2D eigenvalue weighted by Crippen LogP contribution is -2.50. The Morgan fingerprint density at radius 1 is 0.774 bits per heavy atom. The Kier molecular flexibility index (Phi) is 8.40. The summed E-state index contributed by atoms with van der Waals surface area (Å²) in [7, 11) is 0. The van der Waals surface area contributed by atoms with Crippen molar-refractivity contribution in [3.63, 3.8) is 0 Å². The predicted molar refractivity (Wildman–Crippen MR) is 108 cm³/mol. The Morgan fingerprint density at radius 3 is 1.94 bits per heavy atom. The van der Waals surface area contributed by atoms with Gasteiger partial charge in [0, 0.05) is 6.42 Å². The van der Waals surface area contributed by atoms with Gasteiger partial charge in [0.25, 0.3) is 0 Å². The highest BCUT2D eigenvalue weighted by Crippen LogP contribution is 2.40. The summed E-state index contributed by atoms with van der Waals surface area (Å²) in [6.45, 7) is 2.09. The van der Waals surface area contributed by atoms with Crippen molar-refractivity contribution in [1.29, 1.82) is 0 Å². The molecule has 0 saturated heterocycles. The molecule has 2 rings (SSSR count). The smallest absolute Gasteiger partial charge is 0.410 e. The van der Waals surface area contributed by atoms with Gasteiger partial charge in [0.15, 0.2) is 0 Å². The third-order valence-electron chi connectivity index (χ3n) is 5.18. The van der Waals surface area contributed by atoms with Gasteiger partial charge in [0.1, 0.15) is 11.3 Å². The summed E-state index contributed by atoms with van der Waals surface area (Å²) in [5.41, 5.74) is 5.08. The minimum atomic E-state index is -4.64. The Hall–Kier alpha value is -2.22. The summed E-state index contributed by atoms with van der Waals surface area (Å²) in [6.07, 6.45) is -8.96. The van der Waals surface area contributed by atoms with Crippen LogP contribution in [0.2, 0.25) is 0 Å². The minimum absolute atomic E-state index is 0.0219. The summed E-state index contributed by atoms with van der Waals surface area (Å²) < 4.78 is 83.2. The fourth-order valence-electron chi connectivity index (χ4n) is 3.19. The molecule has 1 atom stereocenters. The second-order valence-corrected chi connectivity index (χ2v) is 7.75. The van der Waals surface area contributed by atoms with E-state index >= 15 is 0 Å². The van der Waals surface area contributed by atoms with Crippen molar-refractivity contribution >= 4 is 0 Å². The summed E-state index contributed by atoms with van der Waals surface area (Å²) in [5, 5.41) is 0. The van der Waals surface area contributed by atoms with Crippen molar-refractivity contribution in [2.24, 2.45) is 5.73 Å². The molecule has 0 aliphatic heterocycles. The molecule has 2 N–H and O–H groups in total. The van der Waals surface area contributed by atoms with Crippen molar-refractivity contribution in [1.82, 2.24) is 0 Å². The van der Waals surface area contributed by atoms with Crippen LogP contribution >= 0.6 is 0 Å². The first kappa shape index (κ1) is 25.0. The van der Waals surface area contributed by atoms with Crippen LogP contribution in [0.1, 0.15) is 48.8 Å². The molecule has 0 heterocycles. The maximum absolute atomic E-state index is 13.8. The summed E-state index contributed by atoms with van der Waals surface area (Å²) >= 11 is 0. The first-order valence-corrected chi connectivity index (χ1v) is 10.1. The van der Waals surface area contributed by atoms with Crippen LogP contribution in [-0.4, -0.2) is 19.0 Å². The maximum Gasteiger partial charge on any atom is 0.410 e. The average Bonchev–Trinajstić information content (AvgIpc) is 2.68. The Labute approximate surface area is 178 Å². The van der Waals surface area contributed by atoms with Crippen molar-refractivity contribution in [3.05, 3.63) is 65.2 Å². The molecule has 0 saturated carbocycles. The number of hydrogen-bond donors (Lipinski definition) is 1. The van der Waals surface area contributed by atoms with Gasteiger partial charge in [0.2, 0.25) is 0 Å². The molecule has 0 fully saturated rings. The molecule has 0 spiro atoms. The molecular formula is C23H27F6NO. The zero-order valence-corrected chi connectivity index (χ0v) is 17.3. The van der Waals surface area contributed by atoms with E-state index in [-0.39, 0.29) is 31.4 Å². The van der Waals surface area contributed by atoms with Crippen molar-refractivity contribution < 1.29 is 31.1 Å². The van der Waals surface area contributed by atoms with E-state index in [0.29, 0.717) is 18.6 Å². The van der Waals surface area contributed by atoms with Crippen LogP contribution in [0.4, 0.5) is 26.3 Å². The van der Waals surface area contributed by atoms with Gasteiger partial charge < -0.3 is 10.5 Å². The van der Waals surface area contributed by atoms with Gasteiger partial charge in [0.05, 0.1) is 6.61 Å². The topological polar surface area (TPSA) is 35.2 Å². The van der Waals surface area contributed by atoms with Gasteiger partial charge in [-0.2, -0.15) is 26.3 Å². The molecule has 172 valence electrons. The summed E-state index contributed by atoms with van der Waals surface area (Å²) in [6, 6.07) is 12.7. The number of ether oxygens (including phenoxy) is 1. The highest BCUT2D eigenvalue weighted by atomic mass is 19.4. The van der Waals surface area contributed by atoms with E-state index in [2.05, 4.69) is 0 Å². The summed E-state index contributed by atoms with van der Waals surface area (Å²) in [5.74, 6) is 0.350. The number of rotatable bonds is 10. The van der Waals surface area contributed by atoms with Crippen LogP contribution in [0.5, 0.6) is 5.75 Å². The SMILES string of the molecule is Cc1ccc(CC[C@](N)(c2ccc(OCCCCCC(F)(F)F)cc2)C(F)(F)F)cc1. The molecule has 2 aromatic carbocycles. The number of halogens is 6. The number of unbranched alkanes of at least 4 members (excludes halogenated alkanes) is 2. The van der Waals surface area contributed by atoms with E-state index in [0.717, 1.165) is 11.1 Å². The molecule has 0 aliphatic rings. The van der Waals surface area contributed by atoms with Gasteiger partial charge in [-0.3, -0.25) is 0 Å². The molecule has 8 heteroatoms. The van der Waals surface area contributed by atoms with E-state index in [1.807, 2.05) is 19.1 Å². The molecule has 31 heavy (non-hydrogen) atoms. The Morgan fingerprint density at radius 2 is 1.39 bits per heavy atom.